The van der Waals surface area contributed by atoms with E-state index in [0.717, 1.165) is 5.56 Å². The van der Waals surface area contributed by atoms with Crippen molar-refractivity contribution in [2.24, 2.45) is 0 Å². The molecule has 0 radical (unpaired) electrons. The van der Waals surface area contributed by atoms with E-state index in [0.29, 0.717) is 17.3 Å². The van der Waals surface area contributed by atoms with Crippen LogP contribution in [0.25, 0.3) is 0 Å². The first-order valence-electron chi connectivity index (χ1n) is 6.40. The lowest BCUT2D eigenvalue weighted by Crippen LogP contribution is -2.31. The highest BCUT2D eigenvalue weighted by atomic mass is 16.5. The van der Waals surface area contributed by atoms with E-state index in [1.807, 2.05) is 19.1 Å². The number of amides is 1. The van der Waals surface area contributed by atoms with E-state index in [1.165, 1.54) is 0 Å². The van der Waals surface area contributed by atoms with Gasteiger partial charge in [-0.05, 0) is 31.5 Å². The molecule has 0 spiro atoms. The molecule has 0 aliphatic carbocycles. The first kappa shape index (κ1) is 14.8. The molecule has 1 aromatic carbocycles. The van der Waals surface area contributed by atoms with Crippen LogP contribution in [0, 0.1) is 6.92 Å². The van der Waals surface area contributed by atoms with Crippen LogP contribution in [0.1, 0.15) is 24.4 Å². The fourth-order valence-electron chi connectivity index (χ4n) is 1.74. The number of hydrogen-bond acceptors (Lipinski definition) is 6. The van der Waals surface area contributed by atoms with Gasteiger partial charge in [0.2, 0.25) is 0 Å². The first-order chi connectivity index (χ1) is 10.1. The van der Waals surface area contributed by atoms with E-state index < -0.39 is 0 Å². The largest absolute Gasteiger partial charge is 0.493 e. The molecule has 112 valence electrons. The molecule has 1 amide bonds. The number of carbonyl (C=O) groups excluding carboxylic acids is 1. The topological polar surface area (TPSA) is 102 Å². The summed E-state index contributed by atoms with van der Waals surface area (Å²) in [7, 11) is 1.56. The number of hydrogen-bond donors (Lipinski definition) is 2. The number of nitrogens with one attached hydrogen (secondary N) is 2. The summed E-state index contributed by atoms with van der Waals surface area (Å²) in [5.74, 6) is 1.24. The Morgan fingerprint density at radius 3 is 2.90 bits per heavy atom. The van der Waals surface area contributed by atoms with Crippen molar-refractivity contribution in [3.8, 4) is 11.5 Å². The lowest BCUT2D eigenvalue weighted by atomic mass is 10.2. The van der Waals surface area contributed by atoms with E-state index >= 15 is 0 Å². The number of aromatic nitrogens is 4. The van der Waals surface area contributed by atoms with Crippen LogP contribution in [-0.4, -0.2) is 40.2 Å². The number of aryl methyl sites for hydroxylation is 1. The van der Waals surface area contributed by atoms with Gasteiger partial charge < -0.3 is 14.8 Å². The SMILES string of the molecule is COc1cc(C)ccc1OCC(=O)NC(C)c1nn[nH]n1. The highest BCUT2D eigenvalue weighted by molar-refractivity contribution is 5.78. The number of H-pyrrole nitrogens is 1. The van der Waals surface area contributed by atoms with Crippen molar-refractivity contribution in [2.45, 2.75) is 19.9 Å². The summed E-state index contributed by atoms with van der Waals surface area (Å²) in [6.45, 7) is 3.59. The molecule has 0 bridgehead atoms. The molecule has 21 heavy (non-hydrogen) atoms. The van der Waals surface area contributed by atoms with Crippen molar-refractivity contribution >= 4 is 5.91 Å². The zero-order valence-corrected chi connectivity index (χ0v) is 12.1. The molecule has 1 atom stereocenters. The van der Waals surface area contributed by atoms with Gasteiger partial charge in [-0.15, -0.1) is 10.2 Å². The maximum Gasteiger partial charge on any atom is 0.258 e. The molecule has 0 aliphatic heterocycles. The molecule has 0 fully saturated rings. The van der Waals surface area contributed by atoms with Crippen LogP contribution >= 0.6 is 0 Å². The number of methoxy groups -OCH3 is 1. The number of tetrazole rings is 1. The Balaban J connectivity index is 1.89. The fourth-order valence-corrected chi connectivity index (χ4v) is 1.74. The molecule has 2 N–H and O–H groups in total. The van der Waals surface area contributed by atoms with Crippen molar-refractivity contribution in [3.05, 3.63) is 29.6 Å². The summed E-state index contributed by atoms with van der Waals surface area (Å²) in [4.78, 5) is 11.8. The zero-order valence-electron chi connectivity index (χ0n) is 12.1. The maximum atomic E-state index is 11.8. The summed E-state index contributed by atoms with van der Waals surface area (Å²) >= 11 is 0. The summed E-state index contributed by atoms with van der Waals surface area (Å²) in [5.41, 5.74) is 1.05. The third kappa shape index (κ3) is 3.91. The summed E-state index contributed by atoms with van der Waals surface area (Å²) < 4.78 is 10.7. The Bertz CT molecular complexity index is 600. The van der Waals surface area contributed by atoms with Gasteiger partial charge in [-0.25, -0.2) is 0 Å². The Labute approximate surface area is 121 Å². The van der Waals surface area contributed by atoms with Gasteiger partial charge in [0.1, 0.15) is 0 Å². The Kier molecular flexibility index (Phi) is 4.70. The van der Waals surface area contributed by atoms with Crippen LogP contribution in [0.15, 0.2) is 18.2 Å². The van der Waals surface area contributed by atoms with Gasteiger partial charge in [0.25, 0.3) is 5.91 Å². The fraction of sp³-hybridized carbons (Fsp3) is 0.385. The highest BCUT2D eigenvalue weighted by Gasteiger charge is 2.14. The Morgan fingerprint density at radius 1 is 1.43 bits per heavy atom. The second-order valence-electron chi connectivity index (χ2n) is 4.50. The van der Waals surface area contributed by atoms with E-state index in [9.17, 15) is 4.79 Å². The smallest absolute Gasteiger partial charge is 0.258 e. The predicted molar refractivity (Wildman–Crippen MR) is 74.0 cm³/mol. The molecule has 8 nitrogen and oxygen atoms in total. The van der Waals surface area contributed by atoms with Gasteiger partial charge in [0.05, 0.1) is 13.2 Å². The number of nitrogens with zero attached hydrogens (tertiary/aromatic N) is 3. The zero-order chi connectivity index (χ0) is 15.2. The monoisotopic (exact) mass is 291 g/mol. The average molecular weight is 291 g/mol. The van der Waals surface area contributed by atoms with Gasteiger partial charge in [-0.3, -0.25) is 4.79 Å². The number of benzene rings is 1. The Morgan fingerprint density at radius 2 is 2.24 bits per heavy atom. The van der Waals surface area contributed by atoms with E-state index in [-0.39, 0.29) is 18.6 Å². The van der Waals surface area contributed by atoms with Gasteiger partial charge in [-0.1, -0.05) is 11.3 Å². The lowest BCUT2D eigenvalue weighted by Gasteiger charge is -2.13. The van der Waals surface area contributed by atoms with Crippen LogP contribution in [0.2, 0.25) is 0 Å². The molecular formula is C13H17N5O3. The molecule has 1 heterocycles. The summed E-state index contributed by atoms with van der Waals surface area (Å²) in [6, 6.07) is 5.15. The van der Waals surface area contributed by atoms with Crippen molar-refractivity contribution < 1.29 is 14.3 Å². The molecule has 0 aliphatic rings. The van der Waals surface area contributed by atoms with Gasteiger partial charge in [0.15, 0.2) is 23.9 Å². The van der Waals surface area contributed by atoms with Crippen molar-refractivity contribution in [1.29, 1.82) is 0 Å². The molecule has 0 saturated heterocycles. The highest BCUT2D eigenvalue weighted by Crippen LogP contribution is 2.27. The second kappa shape index (κ2) is 6.69. The molecule has 1 aromatic heterocycles. The van der Waals surface area contributed by atoms with Crippen LogP contribution in [0.4, 0.5) is 0 Å². The molecule has 1 unspecified atom stereocenters. The standard InChI is InChI=1S/C13H17N5O3/c1-8-4-5-10(11(6-8)20-3)21-7-12(19)14-9(2)13-15-17-18-16-13/h4-6,9H,7H2,1-3H3,(H,14,19)(H,15,16,17,18). The number of rotatable bonds is 6. The van der Waals surface area contributed by atoms with Gasteiger partial charge in [0, 0.05) is 0 Å². The van der Waals surface area contributed by atoms with Gasteiger partial charge >= 0.3 is 0 Å². The summed E-state index contributed by atoms with van der Waals surface area (Å²) in [5, 5.41) is 16.1. The van der Waals surface area contributed by atoms with Gasteiger partial charge in [-0.2, -0.15) is 5.21 Å². The van der Waals surface area contributed by atoms with E-state index in [4.69, 9.17) is 9.47 Å². The van der Waals surface area contributed by atoms with E-state index in [2.05, 4.69) is 25.9 Å². The molecular weight excluding hydrogens is 274 g/mol. The Hall–Kier alpha value is -2.64. The second-order valence-corrected chi connectivity index (χ2v) is 4.50. The maximum absolute atomic E-state index is 11.8. The summed E-state index contributed by atoms with van der Waals surface area (Å²) in [6.07, 6.45) is 0. The van der Waals surface area contributed by atoms with Crippen molar-refractivity contribution in [1.82, 2.24) is 25.9 Å². The van der Waals surface area contributed by atoms with E-state index in [1.54, 1.807) is 20.1 Å². The number of ether oxygens (including phenoxy) is 2. The van der Waals surface area contributed by atoms with Crippen LogP contribution in [0.5, 0.6) is 11.5 Å². The van der Waals surface area contributed by atoms with Crippen LogP contribution in [-0.2, 0) is 4.79 Å². The minimum atomic E-state index is -0.347. The molecule has 2 aromatic rings. The predicted octanol–water partition coefficient (Wildman–Crippen LogP) is 0.773. The number of aromatic amines is 1. The average Bonchev–Trinajstić information content (AvgIpc) is 3.00. The third-order valence-electron chi connectivity index (χ3n) is 2.80. The molecule has 8 heteroatoms. The normalized spacial score (nSPS) is 11.8. The van der Waals surface area contributed by atoms with Crippen LogP contribution < -0.4 is 14.8 Å². The molecule has 0 saturated carbocycles. The van der Waals surface area contributed by atoms with Crippen molar-refractivity contribution in [3.63, 3.8) is 0 Å². The molecule has 2 rings (SSSR count). The van der Waals surface area contributed by atoms with Crippen LogP contribution in [0.3, 0.4) is 0 Å². The van der Waals surface area contributed by atoms with Crippen molar-refractivity contribution in [2.75, 3.05) is 13.7 Å². The number of carbonyl (C=O) groups is 1. The quantitative estimate of drug-likeness (QED) is 0.815. The third-order valence-corrected chi connectivity index (χ3v) is 2.80. The minimum absolute atomic E-state index is 0.123. The first-order valence-corrected chi connectivity index (χ1v) is 6.40. The minimum Gasteiger partial charge on any atom is -0.493 e. The lowest BCUT2D eigenvalue weighted by molar-refractivity contribution is -0.123.